The second-order valence-corrected chi connectivity index (χ2v) is 7.05. The highest BCUT2D eigenvalue weighted by atomic mass is 15.1. The van der Waals surface area contributed by atoms with Gasteiger partial charge in [0.2, 0.25) is 0 Å². The number of hydrogen-bond donors (Lipinski definition) is 1. The molecule has 0 aromatic heterocycles. The van der Waals surface area contributed by atoms with Crippen LogP contribution >= 0.6 is 0 Å². The lowest BCUT2D eigenvalue weighted by atomic mass is 9.70. The molecule has 1 aliphatic carbocycles. The molecule has 2 unspecified atom stereocenters. The number of nitrogens with zero attached hydrogens (tertiary/aromatic N) is 1. The quantitative estimate of drug-likeness (QED) is 0.900. The first-order chi connectivity index (χ1) is 8.87. The number of hydrogen-bond acceptors (Lipinski definition) is 2. The molecule has 1 saturated carbocycles. The molecule has 0 radical (unpaired) electrons. The van der Waals surface area contributed by atoms with Gasteiger partial charge in [-0.25, -0.2) is 0 Å². The van der Waals surface area contributed by atoms with Crippen molar-refractivity contribution in [2.45, 2.75) is 46.1 Å². The first kappa shape index (κ1) is 14.4. The van der Waals surface area contributed by atoms with Crippen LogP contribution in [0.5, 0.6) is 0 Å². The zero-order valence-corrected chi connectivity index (χ0v) is 12.8. The Hall–Kier alpha value is -1.02. The first-order valence-corrected chi connectivity index (χ1v) is 7.41. The third-order valence-electron chi connectivity index (χ3n) is 4.53. The van der Waals surface area contributed by atoms with Gasteiger partial charge in [-0.2, -0.15) is 0 Å². The van der Waals surface area contributed by atoms with Gasteiger partial charge in [-0.3, -0.25) is 0 Å². The lowest BCUT2D eigenvalue weighted by molar-refractivity contribution is 0.161. The number of anilines is 1. The van der Waals surface area contributed by atoms with Gasteiger partial charge in [0, 0.05) is 25.3 Å². The molecule has 1 aromatic rings. The maximum atomic E-state index is 6.33. The van der Waals surface area contributed by atoms with E-state index in [1.54, 1.807) is 0 Å². The predicted molar refractivity (Wildman–Crippen MR) is 83.5 cm³/mol. The Morgan fingerprint density at radius 1 is 1.37 bits per heavy atom. The summed E-state index contributed by atoms with van der Waals surface area (Å²) in [5, 5.41) is 0. The number of benzene rings is 1. The molecule has 0 amide bonds. The normalized spacial score (nSPS) is 26.2. The van der Waals surface area contributed by atoms with Gasteiger partial charge in [-0.1, -0.05) is 26.0 Å². The highest BCUT2D eigenvalue weighted by molar-refractivity contribution is 5.47. The summed E-state index contributed by atoms with van der Waals surface area (Å²) in [6, 6.07) is 9.07. The molecule has 0 aliphatic heterocycles. The fraction of sp³-hybridized carbons (Fsp3) is 0.647. The van der Waals surface area contributed by atoms with Crippen molar-refractivity contribution in [3.05, 3.63) is 29.8 Å². The van der Waals surface area contributed by atoms with E-state index in [-0.39, 0.29) is 0 Å². The molecule has 1 fully saturated rings. The lowest BCUT2D eigenvalue weighted by Crippen LogP contribution is -2.44. The molecular weight excluding hydrogens is 232 g/mol. The maximum absolute atomic E-state index is 6.33. The molecule has 19 heavy (non-hydrogen) atoms. The monoisotopic (exact) mass is 260 g/mol. The van der Waals surface area contributed by atoms with Crippen LogP contribution in [0, 0.1) is 18.3 Å². The van der Waals surface area contributed by atoms with Crippen molar-refractivity contribution in [3.63, 3.8) is 0 Å². The first-order valence-electron chi connectivity index (χ1n) is 7.41. The van der Waals surface area contributed by atoms with Crippen LogP contribution in [-0.4, -0.2) is 19.6 Å². The van der Waals surface area contributed by atoms with Crippen LogP contribution < -0.4 is 10.6 Å². The van der Waals surface area contributed by atoms with Crippen LogP contribution in [-0.2, 0) is 0 Å². The molecule has 2 N–H and O–H groups in total. The van der Waals surface area contributed by atoms with Gasteiger partial charge in [0.15, 0.2) is 0 Å². The lowest BCUT2D eigenvalue weighted by Gasteiger charge is -2.41. The largest absolute Gasteiger partial charge is 0.374 e. The van der Waals surface area contributed by atoms with E-state index in [1.165, 1.54) is 30.5 Å². The summed E-state index contributed by atoms with van der Waals surface area (Å²) in [4.78, 5) is 2.36. The number of nitrogens with two attached hydrogens (primary N) is 1. The topological polar surface area (TPSA) is 29.3 Å². The molecule has 2 heteroatoms. The smallest absolute Gasteiger partial charge is 0.0366 e. The minimum Gasteiger partial charge on any atom is -0.374 e. The van der Waals surface area contributed by atoms with E-state index >= 15 is 0 Å². The standard InChI is InChI=1S/C17H28N2/c1-13-6-5-7-15(10-13)19(4)12-14-11-17(2,3)9-8-16(14)18/h5-7,10,14,16H,8-9,11-12,18H2,1-4H3. The molecule has 0 saturated heterocycles. The van der Waals surface area contributed by atoms with E-state index < -0.39 is 0 Å². The van der Waals surface area contributed by atoms with E-state index in [0.29, 0.717) is 17.4 Å². The van der Waals surface area contributed by atoms with Gasteiger partial charge < -0.3 is 10.6 Å². The van der Waals surface area contributed by atoms with Crippen LogP contribution in [0.1, 0.15) is 38.7 Å². The van der Waals surface area contributed by atoms with E-state index in [2.05, 4.69) is 57.0 Å². The molecule has 0 heterocycles. The molecule has 2 rings (SSSR count). The van der Waals surface area contributed by atoms with Crippen LogP contribution in [0.4, 0.5) is 5.69 Å². The third kappa shape index (κ3) is 3.73. The third-order valence-corrected chi connectivity index (χ3v) is 4.53. The minimum atomic E-state index is 0.361. The Bertz CT molecular complexity index is 425. The maximum Gasteiger partial charge on any atom is 0.0366 e. The predicted octanol–water partition coefficient (Wildman–Crippen LogP) is 3.58. The SMILES string of the molecule is Cc1cccc(N(C)CC2CC(C)(C)CCC2N)c1. The van der Waals surface area contributed by atoms with Gasteiger partial charge >= 0.3 is 0 Å². The number of rotatable bonds is 3. The zero-order chi connectivity index (χ0) is 14.0. The van der Waals surface area contributed by atoms with Crippen LogP contribution in [0.25, 0.3) is 0 Å². The highest BCUT2D eigenvalue weighted by Gasteiger charge is 2.33. The van der Waals surface area contributed by atoms with Crippen molar-refractivity contribution >= 4 is 5.69 Å². The Balaban J connectivity index is 2.03. The summed E-state index contributed by atoms with van der Waals surface area (Å²) in [6.07, 6.45) is 3.67. The van der Waals surface area contributed by atoms with Gasteiger partial charge in [-0.15, -0.1) is 0 Å². The van der Waals surface area contributed by atoms with Crippen molar-refractivity contribution in [1.29, 1.82) is 0 Å². The minimum absolute atomic E-state index is 0.361. The highest BCUT2D eigenvalue weighted by Crippen LogP contribution is 2.38. The molecule has 1 aromatic carbocycles. The Morgan fingerprint density at radius 2 is 2.11 bits per heavy atom. The Labute approximate surface area is 118 Å². The van der Waals surface area contributed by atoms with Crippen molar-refractivity contribution < 1.29 is 0 Å². The van der Waals surface area contributed by atoms with Crippen LogP contribution in [0.3, 0.4) is 0 Å². The van der Waals surface area contributed by atoms with Crippen molar-refractivity contribution in [1.82, 2.24) is 0 Å². The number of aryl methyl sites for hydroxylation is 1. The van der Waals surface area contributed by atoms with Crippen molar-refractivity contribution in [2.75, 3.05) is 18.5 Å². The van der Waals surface area contributed by atoms with Crippen LogP contribution in [0.15, 0.2) is 24.3 Å². The van der Waals surface area contributed by atoms with Crippen LogP contribution in [0.2, 0.25) is 0 Å². The molecule has 2 nitrogen and oxygen atoms in total. The van der Waals surface area contributed by atoms with E-state index in [0.717, 1.165) is 6.54 Å². The summed E-state index contributed by atoms with van der Waals surface area (Å²) in [6.45, 7) is 7.96. The summed E-state index contributed by atoms with van der Waals surface area (Å²) < 4.78 is 0. The second-order valence-electron chi connectivity index (χ2n) is 7.05. The zero-order valence-electron chi connectivity index (χ0n) is 12.8. The van der Waals surface area contributed by atoms with E-state index in [4.69, 9.17) is 5.73 Å². The Kier molecular flexibility index (Phi) is 4.19. The Morgan fingerprint density at radius 3 is 2.79 bits per heavy atom. The van der Waals surface area contributed by atoms with E-state index in [1.807, 2.05) is 0 Å². The summed E-state index contributed by atoms with van der Waals surface area (Å²) in [5.74, 6) is 0.606. The molecule has 1 aliphatic rings. The molecule has 0 spiro atoms. The summed E-state index contributed by atoms with van der Waals surface area (Å²) >= 11 is 0. The van der Waals surface area contributed by atoms with Gasteiger partial charge in [0.1, 0.15) is 0 Å². The van der Waals surface area contributed by atoms with Gasteiger partial charge in [0.25, 0.3) is 0 Å². The van der Waals surface area contributed by atoms with E-state index in [9.17, 15) is 0 Å². The average molecular weight is 260 g/mol. The molecule has 0 bridgehead atoms. The fourth-order valence-corrected chi connectivity index (χ4v) is 3.28. The second kappa shape index (κ2) is 5.54. The van der Waals surface area contributed by atoms with Gasteiger partial charge in [0.05, 0.1) is 0 Å². The van der Waals surface area contributed by atoms with Crippen molar-refractivity contribution in [2.24, 2.45) is 17.1 Å². The van der Waals surface area contributed by atoms with Crippen molar-refractivity contribution in [3.8, 4) is 0 Å². The fourth-order valence-electron chi connectivity index (χ4n) is 3.28. The summed E-state index contributed by atoms with van der Waals surface area (Å²) in [5.41, 5.74) is 9.40. The summed E-state index contributed by atoms with van der Waals surface area (Å²) in [7, 11) is 2.18. The molecule has 106 valence electrons. The van der Waals surface area contributed by atoms with Gasteiger partial charge in [-0.05, 0) is 55.2 Å². The average Bonchev–Trinajstić information content (AvgIpc) is 2.33. The molecule has 2 atom stereocenters. The molecular formula is C17H28N2.